The van der Waals surface area contributed by atoms with Crippen LogP contribution in [-0.2, 0) is 16.6 Å². The number of halogens is 1. The number of sulfonamides is 1. The van der Waals surface area contributed by atoms with E-state index in [2.05, 4.69) is 5.32 Å². The van der Waals surface area contributed by atoms with Crippen molar-refractivity contribution in [2.45, 2.75) is 11.4 Å². The summed E-state index contributed by atoms with van der Waals surface area (Å²) in [5.41, 5.74) is 1.43. The predicted octanol–water partition coefficient (Wildman–Crippen LogP) is 2.19. The molecule has 1 aromatic carbocycles. The van der Waals surface area contributed by atoms with Crippen LogP contribution in [0.15, 0.2) is 46.1 Å². The van der Waals surface area contributed by atoms with E-state index in [1.54, 1.807) is 18.6 Å². The maximum Gasteiger partial charge on any atom is 0.238 e. The zero-order valence-electron chi connectivity index (χ0n) is 9.26. The standard InChI is InChI=1S/C11H11ClN2O3S/c12-10-2-1-9(18(13,15)16)5-11(10)14-6-8-3-4-17-7-8/h1-5,7,14H,6H2,(H2,13,15,16). The third kappa shape index (κ3) is 3.04. The summed E-state index contributed by atoms with van der Waals surface area (Å²) in [4.78, 5) is 0.0154. The lowest BCUT2D eigenvalue weighted by Gasteiger charge is -2.08. The Balaban J connectivity index is 2.22. The van der Waals surface area contributed by atoms with Gasteiger partial charge in [-0.15, -0.1) is 0 Å². The molecule has 0 aliphatic carbocycles. The van der Waals surface area contributed by atoms with Gasteiger partial charge in [0.05, 0.1) is 28.1 Å². The third-order valence-corrected chi connectivity index (χ3v) is 3.57. The fraction of sp³-hybridized carbons (Fsp3) is 0.0909. The Labute approximate surface area is 110 Å². The SMILES string of the molecule is NS(=O)(=O)c1ccc(Cl)c(NCc2ccoc2)c1. The summed E-state index contributed by atoms with van der Waals surface area (Å²) >= 11 is 5.96. The quantitative estimate of drug-likeness (QED) is 0.902. The molecule has 0 radical (unpaired) electrons. The van der Waals surface area contributed by atoms with Crippen LogP contribution in [0.1, 0.15) is 5.56 Å². The molecular formula is C11H11ClN2O3S. The van der Waals surface area contributed by atoms with Crippen molar-refractivity contribution in [3.05, 3.63) is 47.4 Å². The van der Waals surface area contributed by atoms with Gasteiger partial charge in [0.1, 0.15) is 0 Å². The lowest BCUT2D eigenvalue weighted by Crippen LogP contribution is -2.12. The van der Waals surface area contributed by atoms with Crippen LogP contribution in [0.5, 0.6) is 0 Å². The summed E-state index contributed by atoms with van der Waals surface area (Å²) in [6.07, 6.45) is 3.14. The second kappa shape index (κ2) is 5.01. The van der Waals surface area contributed by atoms with Crippen LogP contribution in [-0.4, -0.2) is 8.42 Å². The first-order valence-corrected chi connectivity index (χ1v) is 6.96. The number of nitrogens with two attached hydrogens (primary N) is 1. The lowest BCUT2D eigenvalue weighted by molar-refractivity contribution is 0.564. The van der Waals surface area contributed by atoms with Crippen LogP contribution >= 0.6 is 11.6 Å². The van der Waals surface area contributed by atoms with Crippen LogP contribution in [0.25, 0.3) is 0 Å². The normalized spacial score (nSPS) is 11.4. The van der Waals surface area contributed by atoms with Gasteiger partial charge in [-0.2, -0.15) is 0 Å². The van der Waals surface area contributed by atoms with E-state index < -0.39 is 10.0 Å². The molecule has 0 amide bonds. The number of anilines is 1. The van der Waals surface area contributed by atoms with E-state index in [0.29, 0.717) is 17.3 Å². The molecule has 2 aromatic rings. The van der Waals surface area contributed by atoms with Gasteiger partial charge in [-0.25, -0.2) is 13.6 Å². The average molecular weight is 287 g/mol. The Kier molecular flexibility index (Phi) is 3.60. The van der Waals surface area contributed by atoms with Gasteiger partial charge in [-0.1, -0.05) is 11.6 Å². The summed E-state index contributed by atoms with van der Waals surface area (Å²) in [5, 5.41) is 8.49. The van der Waals surface area contributed by atoms with Gasteiger partial charge >= 0.3 is 0 Å². The molecule has 96 valence electrons. The molecule has 1 aromatic heterocycles. The van der Waals surface area contributed by atoms with Crippen LogP contribution in [0.3, 0.4) is 0 Å². The molecule has 0 aliphatic heterocycles. The molecule has 0 fully saturated rings. The largest absolute Gasteiger partial charge is 0.472 e. The maximum atomic E-state index is 11.2. The molecule has 7 heteroatoms. The fourth-order valence-corrected chi connectivity index (χ4v) is 2.13. The van der Waals surface area contributed by atoms with Crippen molar-refractivity contribution in [2.75, 3.05) is 5.32 Å². The first-order valence-electron chi connectivity index (χ1n) is 5.04. The molecule has 0 atom stereocenters. The first kappa shape index (κ1) is 12.9. The van der Waals surface area contributed by atoms with Crippen molar-refractivity contribution in [1.82, 2.24) is 0 Å². The van der Waals surface area contributed by atoms with Crippen molar-refractivity contribution in [2.24, 2.45) is 5.14 Å². The van der Waals surface area contributed by atoms with Crippen LogP contribution < -0.4 is 10.5 Å². The third-order valence-electron chi connectivity index (χ3n) is 2.33. The number of benzene rings is 1. The Hall–Kier alpha value is -1.50. The molecule has 5 nitrogen and oxygen atoms in total. The minimum absolute atomic E-state index is 0.0154. The molecular weight excluding hydrogens is 276 g/mol. The van der Waals surface area contributed by atoms with Gasteiger partial charge in [-0.05, 0) is 24.3 Å². The molecule has 3 N–H and O–H groups in total. The van der Waals surface area contributed by atoms with Crippen LogP contribution in [0, 0.1) is 0 Å². The highest BCUT2D eigenvalue weighted by Crippen LogP contribution is 2.25. The Morgan fingerprint density at radius 3 is 2.72 bits per heavy atom. The molecule has 18 heavy (non-hydrogen) atoms. The molecule has 1 heterocycles. The summed E-state index contributed by atoms with van der Waals surface area (Å²) in [5.74, 6) is 0. The second-order valence-corrected chi connectivity index (χ2v) is 5.64. The molecule has 0 unspecified atom stereocenters. The van der Waals surface area contributed by atoms with E-state index >= 15 is 0 Å². The van der Waals surface area contributed by atoms with E-state index in [1.165, 1.54) is 18.2 Å². The number of nitrogens with one attached hydrogen (secondary N) is 1. The molecule has 2 rings (SSSR count). The summed E-state index contributed by atoms with van der Waals surface area (Å²) < 4.78 is 27.4. The van der Waals surface area contributed by atoms with E-state index in [4.69, 9.17) is 21.2 Å². The fourth-order valence-electron chi connectivity index (χ4n) is 1.41. The first-order chi connectivity index (χ1) is 8.47. The number of hydrogen-bond acceptors (Lipinski definition) is 4. The van der Waals surface area contributed by atoms with Gasteiger partial charge in [0.15, 0.2) is 0 Å². The monoisotopic (exact) mass is 286 g/mol. The molecule has 0 aliphatic rings. The van der Waals surface area contributed by atoms with E-state index in [0.717, 1.165) is 5.56 Å². The van der Waals surface area contributed by atoms with Gasteiger partial charge in [0.25, 0.3) is 0 Å². The maximum absolute atomic E-state index is 11.2. The van der Waals surface area contributed by atoms with Crippen molar-refractivity contribution in [3.8, 4) is 0 Å². The zero-order chi connectivity index (χ0) is 13.2. The predicted molar refractivity (Wildman–Crippen MR) is 68.9 cm³/mol. The Morgan fingerprint density at radius 2 is 2.11 bits per heavy atom. The van der Waals surface area contributed by atoms with Gasteiger partial charge in [0, 0.05) is 12.1 Å². The van der Waals surface area contributed by atoms with Crippen molar-refractivity contribution >= 4 is 27.3 Å². The summed E-state index contributed by atoms with van der Waals surface area (Å²) in [7, 11) is -3.73. The van der Waals surface area contributed by atoms with Crippen molar-refractivity contribution in [3.63, 3.8) is 0 Å². The molecule has 0 bridgehead atoms. The Bertz CT molecular complexity index is 638. The topological polar surface area (TPSA) is 85.3 Å². The van der Waals surface area contributed by atoms with Crippen LogP contribution in [0.4, 0.5) is 5.69 Å². The minimum atomic E-state index is -3.73. The molecule has 0 saturated carbocycles. The van der Waals surface area contributed by atoms with Gasteiger partial charge in [-0.3, -0.25) is 0 Å². The van der Waals surface area contributed by atoms with Crippen LogP contribution in [0.2, 0.25) is 5.02 Å². The Morgan fingerprint density at radius 1 is 1.33 bits per heavy atom. The average Bonchev–Trinajstić information content (AvgIpc) is 2.79. The van der Waals surface area contributed by atoms with E-state index in [-0.39, 0.29) is 4.90 Å². The highest BCUT2D eigenvalue weighted by Gasteiger charge is 2.10. The van der Waals surface area contributed by atoms with Crippen molar-refractivity contribution < 1.29 is 12.8 Å². The second-order valence-electron chi connectivity index (χ2n) is 3.67. The van der Waals surface area contributed by atoms with Gasteiger partial charge < -0.3 is 9.73 Å². The van der Waals surface area contributed by atoms with Crippen molar-refractivity contribution in [1.29, 1.82) is 0 Å². The number of primary sulfonamides is 1. The highest BCUT2D eigenvalue weighted by atomic mass is 35.5. The molecule has 0 saturated heterocycles. The summed E-state index contributed by atoms with van der Waals surface area (Å²) in [6, 6.07) is 6.04. The zero-order valence-corrected chi connectivity index (χ0v) is 10.8. The number of furan rings is 1. The summed E-state index contributed by atoms with van der Waals surface area (Å²) in [6.45, 7) is 0.476. The highest BCUT2D eigenvalue weighted by molar-refractivity contribution is 7.89. The smallest absolute Gasteiger partial charge is 0.238 e. The van der Waals surface area contributed by atoms with E-state index in [9.17, 15) is 8.42 Å². The lowest BCUT2D eigenvalue weighted by atomic mass is 10.3. The van der Waals surface area contributed by atoms with E-state index in [1.807, 2.05) is 0 Å². The number of rotatable bonds is 4. The number of hydrogen-bond donors (Lipinski definition) is 2. The minimum Gasteiger partial charge on any atom is -0.472 e. The molecule has 0 spiro atoms. The van der Waals surface area contributed by atoms with Gasteiger partial charge in [0.2, 0.25) is 10.0 Å².